The third kappa shape index (κ3) is 2.96. The summed E-state index contributed by atoms with van der Waals surface area (Å²) < 4.78 is 6.68. The molecule has 0 aliphatic carbocycles. The van der Waals surface area contributed by atoms with Gasteiger partial charge in [-0.3, -0.25) is 4.79 Å². The van der Waals surface area contributed by atoms with E-state index in [2.05, 4.69) is 5.10 Å². The molecule has 1 aromatic heterocycles. The molecule has 0 saturated heterocycles. The zero-order valence-electron chi connectivity index (χ0n) is 10.8. The predicted octanol–water partition coefficient (Wildman–Crippen LogP) is 3.19. The van der Waals surface area contributed by atoms with Gasteiger partial charge in [-0.15, -0.1) is 0 Å². The molecule has 0 fully saturated rings. The highest BCUT2D eigenvalue weighted by atomic mass is 35.5. The van der Waals surface area contributed by atoms with Gasteiger partial charge in [0.2, 0.25) is 0 Å². The number of hydrogen-bond donors (Lipinski definition) is 0. The minimum Gasteiger partial charge on any atom is -0.466 e. The molecule has 5 heteroatoms. The van der Waals surface area contributed by atoms with Crippen LogP contribution in [0.2, 0.25) is 5.02 Å². The van der Waals surface area contributed by atoms with Gasteiger partial charge in [0.25, 0.3) is 0 Å². The van der Waals surface area contributed by atoms with Crippen molar-refractivity contribution in [1.82, 2.24) is 9.78 Å². The standard InChI is InChI=1S/C14H15ClN2O2/c1-3-19-14(18)10(2)11-5-6-13(12(15)9-11)17-8-4-7-16-17/h4-10H,3H2,1-2H3. The fourth-order valence-electron chi connectivity index (χ4n) is 1.79. The highest BCUT2D eigenvalue weighted by Gasteiger charge is 2.17. The van der Waals surface area contributed by atoms with Crippen molar-refractivity contribution in [3.8, 4) is 5.69 Å². The first-order valence-corrected chi connectivity index (χ1v) is 6.47. The molecule has 1 aromatic carbocycles. The van der Waals surface area contributed by atoms with Gasteiger partial charge in [-0.1, -0.05) is 17.7 Å². The Morgan fingerprint density at radius 3 is 2.89 bits per heavy atom. The van der Waals surface area contributed by atoms with Crippen molar-refractivity contribution >= 4 is 17.6 Å². The van der Waals surface area contributed by atoms with Crippen LogP contribution < -0.4 is 0 Å². The predicted molar refractivity (Wildman–Crippen MR) is 73.6 cm³/mol. The number of carbonyl (C=O) groups excluding carboxylic acids is 1. The quantitative estimate of drug-likeness (QED) is 0.807. The van der Waals surface area contributed by atoms with Crippen molar-refractivity contribution in [2.75, 3.05) is 6.61 Å². The minimum absolute atomic E-state index is 0.245. The second-order valence-electron chi connectivity index (χ2n) is 4.14. The van der Waals surface area contributed by atoms with Crippen molar-refractivity contribution in [2.24, 2.45) is 0 Å². The summed E-state index contributed by atoms with van der Waals surface area (Å²) in [5.41, 5.74) is 1.62. The molecule has 0 aliphatic rings. The molecule has 1 heterocycles. The van der Waals surface area contributed by atoms with E-state index >= 15 is 0 Å². The van der Waals surface area contributed by atoms with Gasteiger partial charge in [-0.25, -0.2) is 4.68 Å². The van der Waals surface area contributed by atoms with E-state index in [4.69, 9.17) is 16.3 Å². The summed E-state index contributed by atoms with van der Waals surface area (Å²) in [7, 11) is 0. The molecule has 0 bridgehead atoms. The minimum atomic E-state index is -0.330. The molecular formula is C14H15ClN2O2. The van der Waals surface area contributed by atoms with E-state index in [0.717, 1.165) is 11.3 Å². The van der Waals surface area contributed by atoms with Gasteiger partial charge in [0.15, 0.2) is 0 Å². The number of carbonyl (C=O) groups is 1. The first kappa shape index (κ1) is 13.6. The fourth-order valence-corrected chi connectivity index (χ4v) is 2.07. The number of nitrogens with zero attached hydrogens (tertiary/aromatic N) is 2. The molecule has 100 valence electrons. The van der Waals surface area contributed by atoms with Crippen LogP contribution in [0, 0.1) is 0 Å². The molecule has 0 amide bonds. The molecule has 4 nitrogen and oxygen atoms in total. The molecule has 1 atom stereocenters. The average molecular weight is 279 g/mol. The Labute approximate surface area is 116 Å². The average Bonchev–Trinajstić information content (AvgIpc) is 2.91. The normalized spacial score (nSPS) is 12.2. The third-order valence-electron chi connectivity index (χ3n) is 2.86. The molecule has 0 spiro atoms. The Balaban J connectivity index is 2.26. The summed E-state index contributed by atoms with van der Waals surface area (Å²) in [6.45, 7) is 3.97. The van der Waals surface area contributed by atoms with E-state index in [0.29, 0.717) is 11.6 Å². The number of halogens is 1. The van der Waals surface area contributed by atoms with E-state index < -0.39 is 0 Å². The molecule has 0 saturated carbocycles. The van der Waals surface area contributed by atoms with E-state index in [1.807, 2.05) is 24.4 Å². The van der Waals surface area contributed by atoms with Crippen molar-refractivity contribution in [1.29, 1.82) is 0 Å². The maximum atomic E-state index is 11.7. The summed E-state index contributed by atoms with van der Waals surface area (Å²) >= 11 is 6.23. The van der Waals surface area contributed by atoms with Gasteiger partial charge >= 0.3 is 5.97 Å². The van der Waals surface area contributed by atoms with E-state index in [1.54, 1.807) is 30.8 Å². The molecule has 1 unspecified atom stereocenters. The van der Waals surface area contributed by atoms with Gasteiger partial charge in [0.05, 0.1) is 23.2 Å². The summed E-state index contributed by atoms with van der Waals surface area (Å²) in [6.07, 6.45) is 3.50. The number of rotatable bonds is 4. The molecule has 2 aromatic rings. The van der Waals surface area contributed by atoms with Gasteiger partial charge in [0, 0.05) is 12.4 Å². The van der Waals surface area contributed by atoms with E-state index in [1.165, 1.54) is 0 Å². The van der Waals surface area contributed by atoms with Crippen molar-refractivity contribution in [3.05, 3.63) is 47.2 Å². The van der Waals surface area contributed by atoms with Crippen LogP contribution in [0.1, 0.15) is 25.3 Å². The molecule has 19 heavy (non-hydrogen) atoms. The maximum absolute atomic E-state index is 11.7. The van der Waals surface area contributed by atoms with Gasteiger partial charge < -0.3 is 4.74 Å². The van der Waals surface area contributed by atoms with Crippen LogP contribution >= 0.6 is 11.6 Å². The van der Waals surface area contributed by atoms with Crippen molar-refractivity contribution in [3.63, 3.8) is 0 Å². The maximum Gasteiger partial charge on any atom is 0.313 e. The second-order valence-corrected chi connectivity index (χ2v) is 4.54. The van der Waals surface area contributed by atoms with Crippen molar-refractivity contribution in [2.45, 2.75) is 19.8 Å². The number of benzene rings is 1. The third-order valence-corrected chi connectivity index (χ3v) is 3.17. The van der Waals surface area contributed by atoms with Gasteiger partial charge in [-0.05, 0) is 37.6 Å². The summed E-state index contributed by atoms with van der Waals surface area (Å²) in [4.78, 5) is 11.7. The largest absolute Gasteiger partial charge is 0.466 e. The Morgan fingerprint density at radius 2 is 2.32 bits per heavy atom. The smallest absolute Gasteiger partial charge is 0.313 e. The SMILES string of the molecule is CCOC(=O)C(C)c1ccc(-n2cccn2)c(Cl)c1. The summed E-state index contributed by atoms with van der Waals surface area (Å²) in [6, 6.07) is 7.32. The highest BCUT2D eigenvalue weighted by Crippen LogP contribution is 2.26. The highest BCUT2D eigenvalue weighted by molar-refractivity contribution is 6.32. The molecule has 0 aliphatic heterocycles. The number of ether oxygens (including phenoxy) is 1. The topological polar surface area (TPSA) is 44.1 Å². The Morgan fingerprint density at radius 1 is 1.53 bits per heavy atom. The van der Waals surface area contributed by atoms with E-state index in [9.17, 15) is 4.79 Å². The van der Waals surface area contributed by atoms with Gasteiger partial charge in [0.1, 0.15) is 0 Å². The van der Waals surface area contributed by atoms with Gasteiger partial charge in [-0.2, -0.15) is 5.10 Å². The van der Waals surface area contributed by atoms with Crippen LogP contribution in [0.4, 0.5) is 0 Å². The van der Waals surface area contributed by atoms with Crippen LogP contribution in [-0.2, 0) is 9.53 Å². The molecular weight excluding hydrogens is 264 g/mol. The van der Waals surface area contributed by atoms with Crippen LogP contribution in [0.3, 0.4) is 0 Å². The van der Waals surface area contributed by atoms with Crippen LogP contribution in [0.5, 0.6) is 0 Å². The Hall–Kier alpha value is -1.81. The number of aromatic nitrogens is 2. The second kappa shape index (κ2) is 5.89. The summed E-state index contributed by atoms with van der Waals surface area (Å²) in [5, 5.41) is 4.68. The number of esters is 1. The van der Waals surface area contributed by atoms with E-state index in [-0.39, 0.29) is 11.9 Å². The molecule has 2 rings (SSSR count). The molecule has 0 radical (unpaired) electrons. The summed E-state index contributed by atoms with van der Waals surface area (Å²) in [5.74, 6) is -0.575. The number of hydrogen-bond acceptors (Lipinski definition) is 3. The lowest BCUT2D eigenvalue weighted by atomic mass is 10.0. The first-order chi connectivity index (χ1) is 9.13. The zero-order valence-corrected chi connectivity index (χ0v) is 11.6. The van der Waals surface area contributed by atoms with Crippen molar-refractivity contribution < 1.29 is 9.53 Å². The monoisotopic (exact) mass is 278 g/mol. The zero-order chi connectivity index (χ0) is 13.8. The lowest BCUT2D eigenvalue weighted by Gasteiger charge is -2.12. The lowest BCUT2D eigenvalue weighted by Crippen LogP contribution is -2.13. The first-order valence-electron chi connectivity index (χ1n) is 6.09. The lowest BCUT2D eigenvalue weighted by molar-refractivity contribution is -0.144. The Kier molecular flexibility index (Phi) is 4.22. The molecule has 0 N–H and O–H groups in total. The van der Waals surface area contributed by atoms with Crippen LogP contribution in [0.15, 0.2) is 36.7 Å². The van der Waals surface area contributed by atoms with Crippen LogP contribution in [-0.4, -0.2) is 22.4 Å². The fraction of sp³-hybridized carbons (Fsp3) is 0.286. The van der Waals surface area contributed by atoms with Crippen LogP contribution in [0.25, 0.3) is 5.69 Å². The Bertz CT molecular complexity index is 567.